The SMILES string of the molecule is CCN1CC2(CCCN(c3ccc(-c4cc(Cl)c5cn(N(C(=O)Cc6ncn7c6C[C@@H](F)C7)c6nccs6)nc5c4Cl)cc3)C2)C1. The topological polar surface area (TPSA) is 75.3 Å². The third-order valence-corrected chi connectivity index (χ3v) is 11.1. The third-order valence-electron chi connectivity index (χ3n) is 9.65. The molecule has 46 heavy (non-hydrogen) atoms. The average Bonchev–Trinajstić information content (AvgIpc) is 3.85. The molecule has 1 spiro atoms. The minimum Gasteiger partial charge on any atom is -0.371 e. The predicted octanol–water partition coefficient (Wildman–Crippen LogP) is 6.52. The Kier molecular flexibility index (Phi) is 7.55. The summed E-state index contributed by atoms with van der Waals surface area (Å²) in [4.78, 5) is 29.1. The third kappa shape index (κ3) is 5.17. The van der Waals surface area contributed by atoms with Gasteiger partial charge in [-0.1, -0.05) is 42.3 Å². The number of nitrogens with zero attached hydrogens (tertiary/aromatic N) is 8. The van der Waals surface area contributed by atoms with Crippen molar-refractivity contribution < 1.29 is 9.18 Å². The van der Waals surface area contributed by atoms with Crippen LogP contribution in [0.15, 0.2) is 54.4 Å². The Morgan fingerprint density at radius 2 is 2.00 bits per heavy atom. The van der Waals surface area contributed by atoms with Crippen molar-refractivity contribution in [2.24, 2.45) is 5.41 Å². The molecule has 5 aromatic rings. The van der Waals surface area contributed by atoms with Gasteiger partial charge < -0.3 is 14.4 Å². The molecule has 0 unspecified atom stereocenters. The summed E-state index contributed by atoms with van der Waals surface area (Å²) in [5.41, 5.74) is 5.12. The standard InChI is InChI=1S/C33H33Cl2FN8OS/c1-2-40-17-33(18-40)8-3-10-41(19-33)23-6-4-21(5-7-23)24-13-26(34)25-16-43(39-31(25)30(24)35)44(32-37-9-11-46-32)29(45)14-27-28-12-22(36)15-42(28)20-38-27/h4-7,9,11,13,16,20,22H,2-3,8,10,12,14-15,17-19H2,1H3/t22-/m1/s1. The number of imidazole rings is 1. The molecule has 13 heteroatoms. The van der Waals surface area contributed by atoms with E-state index in [-0.39, 0.29) is 25.3 Å². The van der Waals surface area contributed by atoms with Crippen LogP contribution in [0.3, 0.4) is 0 Å². The number of carbonyl (C=O) groups excluding carboxylic acids is 1. The molecule has 238 valence electrons. The highest BCUT2D eigenvalue weighted by Gasteiger charge is 2.44. The Hall–Kier alpha value is -3.51. The van der Waals surface area contributed by atoms with E-state index in [0.717, 1.165) is 36.5 Å². The van der Waals surface area contributed by atoms with Gasteiger partial charge in [-0.25, -0.2) is 14.4 Å². The molecule has 0 aliphatic carbocycles. The number of aromatic nitrogens is 5. The number of amides is 1. The van der Waals surface area contributed by atoms with Crippen LogP contribution in [0.5, 0.6) is 0 Å². The second kappa shape index (κ2) is 11.6. The number of thiazole rings is 1. The molecule has 0 N–H and O–H groups in total. The van der Waals surface area contributed by atoms with Crippen LogP contribution in [-0.2, 0) is 24.2 Å². The summed E-state index contributed by atoms with van der Waals surface area (Å²) >= 11 is 15.2. The summed E-state index contributed by atoms with van der Waals surface area (Å²) in [7, 11) is 0. The predicted molar refractivity (Wildman–Crippen MR) is 181 cm³/mol. The number of halogens is 3. The lowest BCUT2D eigenvalue weighted by atomic mass is 9.73. The van der Waals surface area contributed by atoms with Gasteiger partial charge in [0.1, 0.15) is 11.7 Å². The molecule has 0 saturated carbocycles. The quantitative estimate of drug-likeness (QED) is 0.195. The first-order valence-electron chi connectivity index (χ1n) is 15.7. The van der Waals surface area contributed by atoms with Crippen LogP contribution in [0, 0.1) is 5.41 Å². The van der Waals surface area contributed by atoms with Crippen molar-refractivity contribution >= 4 is 62.2 Å². The first-order valence-corrected chi connectivity index (χ1v) is 17.3. The number of hydrogen-bond acceptors (Lipinski definition) is 7. The number of fused-ring (bicyclic) bond motifs is 2. The Morgan fingerprint density at radius 3 is 2.76 bits per heavy atom. The fraction of sp³-hybridized carbons (Fsp3) is 0.394. The van der Waals surface area contributed by atoms with Gasteiger partial charge in [-0.2, -0.15) is 9.80 Å². The zero-order valence-corrected chi connectivity index (χ0v) is 27.7. The molecule has 1 amide bonds. The van der Waals surface area contributed by atoms with Gasteiger partial charge >= 0.3 is 0 Å². The van der Waals surface area contributed by atoms with Crippen LogP contribution < -0.4 is 9.91 Å². The molecule has 2 saturated heterocycles. The first kappa shape index (κ1) is 29.9. The molecule has 9 nitrogen and oxygen atoms in total. The van der Waals surface area contributed by atoms with Crippen molar-refractivity contribution in [3.8, 4) is 11.1 Å². The summed E-state index contributed by atoms with van der Waals surface area (Å²) in [6.45, 7) is 8.15. The van der Waals surface area contributed by atoms with Crippen LogP contribution >= 0.6 is 34.5 Å². The first-order chi connectivity index (χ1) is 22.3. The molecule has 3 aromatic heterocycles. The lowest BCUT2D eigenvalue weighted by Gasteiger charge is -2.55. The highest BCUT2D eigenvalue weighted by Crippen LogP contribution is 2.42. The molecular formula is C33H33Cl2FN8OS. The molecular weight excluding hydrogens is 646 g/mol. The summed E-state index contributed by atoms with van der Waals surface area (Å²) in [5.74, 6) is -0.307. The molecule has 8 rings (SSSR count). The Labute approximate surface area is 280 Å². The molecule has 2 fully saturated rings. The van der Waals surface area contributed by atoms with Crippen LogP contribution in [-0.4, -0.2) is 74.1 Å². The summed E-state index contributed by atoms with van der Waals surface area (Å²) in [6.07, 6.45) is 6.68. The van der Waals surface area contributed by atoms with E-state index in [9.17, 15) is 9.18 Å². The molecule has 3 aliphatic heterocycles. The maximum absolute atomic E-state index is 14.0. The zero-order valence-electron chi connectivity index (χ0n) is 25.4. The smallest absolute Gasteiger partial charge is 0.255 e. The van der Waals surface area contributed by atoms with Crippen molar-refractivity contribution in [3.63, 3.8) is 0 Å². The summed E-state index contributed by atoms with van der Waals surface area (Å²) in [6, 6.07) is 10.4. The van der Waals surface area contributed by atoms with Crippen LogP contribution in [0.1, 0.15) is 31.2 Å². The number of piperidine rings is 1. The van der Waals surface area contributed by atoms with E-state index in [1.165, 1.54) is 52.8 Å². The summed E-state index contributed by atoms with van der Waals surface area (Å²) in [5, 5.41) is 9.92. The van der Waals surface area contributed by atoms with E-state index in [1.54, 1.807) is 28.7 Å². The van der Waals surface area contributed by atoms with Crippen LogP contribution in [0.4, 0.5) is 15.2 Å². The highest BCUT2D eigenvalue weighted by atomic mass is 35.5. The van der Waals surface area contributed by atoms with Crippen molar-refractivity contribution in [2.45, 2.75) is 45.3 Å². The van der Waals surface area contributed by atoms with Gasteiger partial charge in [0.2, 0.25) is 5.13 Å². The Bertz CT molecular complexity index is 1920. The summed E-state index contributed by atoms with van der Waals surface area (Å²) < 4.78 is 15.8. The Balaban J connectivity index is 1.08. The number of rotatable bonds is 7. The Morgan fingerprint density at radius 1 is 1.17 bits per heavy atom. The molecule has 0 bridgehead atoms. The van der Waals surface area contributed by atoms with E-state index < -0.39 is 6.17 Å². The fourth-order valence-corrected chi connectivity index (χ4v) is 8.60. The maximum atomic E-state index is 14.0. The van der Waals surface area contributed by atoms with Gasteiger partial charge in [-0.3, -0.25) is 4.79 Å². The van der Waals surface area contributed by atoms with Crippen LogP contribution in [0.2, 0.25) is 10.0 Å². The monoisotopic (exact) mass is 678 g/mol. The number of benzene rings is 2. The van der Waals surface area contributed by atoms with Crippen molar-refractivity contribution in [1.29, 1.82) is 0 Å². The highest BCUT2D eigenvalue weighted by molar-refractivity contribution is 7.13. The lowest BCUT2D eigenvalue weighted by molar-refractivity contribution is -0.118. The maximum Gasteiger partial charge on any atom is 0.255 e. The van der Waals surface area contributed by atoms with E-state index >= 15 is 0 Å². The molecule has 6 heterocycles. The normalized spacial score (nSPS) is 19.1. The van der Waals surface area contributed by atoms with E-state index in [1.807, 2.05) is 6.07 Å². The van der Waals surface area contributed by atoms with Gasteiger partial charge in [0.05, 0.1) is 41.2 Å². The largest absolute Gasteiger partial charge is 0.371 e. The number of alkyl halides is 1. The lowest BCUT2D eigenvalue weighted by Crippen LogP contribution is -2.62. The minimum absolute atomic E-state index is 0.0289. The molecule has 3 aliphatic rings. The number of likely N-dealkylation sites (tertiary alicyclic amines) is 1. The molecule has 1 atom stereocenters. The minimum atomic E-state index is -0.968. The van der Waals surface area contributed by atoms with E-state index in [4.69, 9.17) is 28.3 Å². The van der Waals surface area contributed by atoms with E-state index in [2.05, 4.69) is 51.0 Å². The zero-order chi connectivity index (χ0) is 31.6. The average molecular weight is 680 g/mol. The second-order valence-corrected chi connectivity index (χ2v) is 14.4. The number of hydrogen-bond donors (Lipinski definition) is 0. The van der Waals surface area contributed by atoms with Gasteiger partial charge in [0.25, 0.3) is 5.91 Å². The second-order valence-electron chi connectivity index (χ2n) is 12.7. The van der Waals surface area contributed by atoms with Gasteiger partial charge in [0, 0.05) is 71.9 Å². The number of carbonyl (C=O) groups is 1. The van der Waals surface area contributed by atoms with E-state index in [0.29, 0.717) is 37.2 Å². The molecule has 2 aromatic carbocycles. The molecule has 0 radical (unpaired) electrons. The number of anilines is 2. The van der Waals surface area contributed by atoms with Crippen molar-refractivity contribution in [3.05, 3.63) is 75.9 Å². The van der Waals surface area contributed by atoms with Crippen molar-refractivity contribution in [2.75, 3.05) is 42.6 Å². The van der Waals surface area contributed by atoms with Gasteiger partial charge in [-0.05, 0) is 43.1 Å². The fourth-order valence-electron chi connectivity index (χ4n) is 7.40. The van der Waals surface area contributed by atoms with Crippen LogP contribution in [0.25, 0.3) is 22.0 Å². The van der Waals surface area contributed by atoms with Crippen molar-refractivity contribution in [1.82, 2.24) is 29.3 Å². The van der Waals surface area contributed by atoms with Gasteiger partial charge in [-0.15, -0.1) is 16.4 Å². The van der Waals surface area contributed by atoms with Gasteiger partial charge in [0.15, 0.2) is 0 Å².